The molecule has 0 atom stereocenters. The van der Waals surface area contributed by atoms with Crippen molar-refractivity contribution in [2.24, 2.45) is 0 Å². The first-order valence-electron chi connectivity index (χ1n) is 4.62. The highest BCUT2D eigenvalue weighted by atomic mass is 127. The van der Waals surface area contributed by atoms with Gasteiger partial charge in [0.2, 0.25) is 0 Å². The van der Waals surface area contributed by atoms with E-state index in [-0.39, 0.29) is 12.4 Å². The molecule has 0 saturated carbocycles. The zero-order valence-electron chi connectivity index (χ0n) is 8.59. The Morgan fingerprint density at radius 1 is 1.50 bits per heavy atom. The number of nitrogens with zero attached hydrogens (tertiary/aromatic N) is 1. The van der Waals surface area contributed by atoms with Crippen molar-refractivity contribution >= 4 is 51.2 Å². The maximum Gasteiger partial charge on any atom is 0.310 e. The van der Waals surface area contributed by atoms with Gasteiger partial charge in [-0.2, -0.15) is 5.26 Å². The number of ether oxygens (including phenoxy) is 1. The van der Waals surface area contributed by atoms with Gasteiger partial charge in [-0.15, -0.1) is 0 Å². The summed E-state index contributed by atoms with van der Waals surface area (Å²) >= 11 is 4.28. The fourth-order valence-corrected chi connectivity index (χ4v) is 2.33. The van der Waals surface area contributed by atoms with Gasteiger partial charge in [0, 0.05) is 7.14 Å². The number of hydrogen-bond donors (Lipinski definition) is 0. The van der Waals surface area contributed by atoms with Gasteiger partial charge in [0.25, 0.3) is 0 Å². The Bertz CT molecular complexity index is 452. The lowest BCUT2D eigenvalue weighted by molar-refractivity contribution is -0.142. The van der Waals surface area contributed by atoms with Crippen LogP contribution in [-0.2, 0) is 16.0 Å². The van der Waals surface area contributed by atoms with Crippen molar-refractivity contribution in [3.63, 3.8) is 0 Å². The van der Waals surface area contributed by atoms with Gasteiger partial charge in [0.15, 0.2) is 0 Å². The van der Waals surface area contributed by atoms with E-state index in [0.717, 1.165) is 12.7 Å². The van der Waals surface area contributed by atoms with E-state index in [1.807, 2.05) is 6.07 Å². The third kappa shape index (κ3) is 3.59. The summed E-state index contributed by atoms with van der Waals surface area (Å²) in [6.45, 7) is 2.15. The second kappa shape index (κ2) is 6.39. The van der Waals surface area contributed by atoms with E-state index in [2.05, 4.69) is 51.3 Å². The summed E-state index contributed by atoms with van der Waals surface area (Å²) in [4.78, 5) is 11.3. The molecule has 1 aromatic carbocycles. The van der Waals surface area contributed by atoms with Crippen molar-refractivity contribution in [2.75, 3.05) is 6.61 Å². The number of halogens is 2. The van der Waals surface area contributed by atoms with Crippen LogP contribution in [0.15, 0.2) is 12.1 Å². The van der Waals surface area contributed by atoms with Gasteiger partial charge in [0.1, 0.15) is 6.07 Å². The highest BCUT2D eigenvalue weighted by molar-refractivity contribution is 14.1. The van der Waals surface area contributed by atoms with Crippen molar-refractivity contribution in [1.82, 2.24) is 0 Å². The van der Waals surface area contributed by atoms with Gasteiger partial charge in [0.05, 0.1) is 18.6 Å². The number of esters is 1. The molecular weight excluding hydrogens is 432 g/mol. The van der Waals surface area contributed by atoms with E-state index >= 15 is 0 Å². The molecule has 0 unspecified atom stereocenters. The van der Waals surface area contributed by atoms with Crippen molar-refractivity contribution in [3.05, 3.63) is 30.4 Å². The zero-order valence-corrected chi connectivity index (χ0v) is 12.9. The van der Waals surface area contributed by atoms with Gasteiger partial charge in [-0.05, 0) is 69.8 Å². The molecule has 0 bridgehead atoms. The molecule has 0 aromatic heterocycles. The Morgan fingerprint density at radius 3 is 2.75 bits per heavy atom. The third-order valence-electron chi connectivity index (χ3n) is 1.86. The molecule has 16 heavy (non-hydrogen) atoms. The van der Waals surface area contributed by atoms with E-state index in [1.165, 1.54) is 0 Å². The minimum Gasteiger partial charge on any atom is -0.466 e. The maximum atomic E-state index is 11.3. The zero-order chi connectivity index (χ0) is 12.1. The molecule has 0 aliphatic carbocycles. The van der Waals surface area contributed by atoms with Crippen LogP contribution in [0.3, 0.4) is 0 Å². The van der Waals surface area contributed by atoms with Crippen LogP contribution in [0, 0.1) is 18.5 Å². The van der Waals surface area contributed by atoms with Crippen LogP contribution in [-0.4, -0.2) is 12.6 Å². The van der Waals surface area contributed by atoms with Gasteiger partial charge < -0.3 is 4.74 Å². The molecule has 84 valence electrons. The first-order valence-corrected chi connectivity index (χ1v) is 6.77. The Labute approximate surface area is 121 Å². The molecule has 0 radical (unpaired) electrons. The number of nitriles is 1. The van der Waals surface area contributed by atoms with Crippen molar-refractivity contribution < 1.29 is 9.53 Å². The molecule has 3 nitrogen and oxygen atoms in total. The first kappa shape index (κ1) is 13.7. The fourth-order valence-electron chi connectivity index (χ4n) is 1.21. The molecule has 1 rings (SSSR count). The summed E-state index contributed by atoms with van der Waals surface area (Å²) in [6, 6.07) is 5.76. The molecule has 0 spiro atoms. The first-order chi connectivity index (χ1) is 7.58. The van der Waals surface area contributed by atoms with Crippen molar-refractivity contribution in [2.45, 2.75) is 13.3 Å². The predicted octanol–water partition coefficient (Wildman–Crippen LogP) is 2.87. The SMILES string of the molecule is CCOC(=O)Cc1cc(I)c(I)c(C#N)c1. The molecule has 0 heterocycles. The van der Waals surface area contributed by atoms with Crippen LogP contribution >= 0.6 is 45.2 Å². The molecule has 0 aliphatic heterocycles. The molecule has 0 N–H and O–H groups in total. The van der Waals surface area contributed by atoms with Gasteiger partial charge in [-0.3, -0.25) is 4.79 Å². The maximum absolute atomic E-state index is 11.3. The Balaban J connectivity index is 2.95. The summed E-state index contributed by atoms with van der Waals surface area (Å²) in [5, 5.41) is 8.93. The average molecular weight is 441 g/mol. The minimum atomic E-state index is -0.261. The number of rotatable bonds is 3. The highest BCUT2D eigenvalue weighted by Crippen LogP contribution is 2.21. The lowest BCUT2D eigenvalue weighted by atomic mass is 10.1. The largest absolute Gasteiger partial charge is 0.466 e. The Kier molecular flexibility index (Phi) is 5.48. The van der Waals surface area contributed by atoms with Crippen LogP contribution in [0.4, 0.5) is 0 Å². The molecule has 1 aromatic rings. The number of carbonyl (C=O) groups is 1. The van der Waals surface area contributed by atoms with Crippen LogP contribution in [0.2, 0.25) is 0 Å². The van der Waals surface area contributed by atoms with Crippen LogP contribution < -0.4 is 0 Å². The van der Waals surface area contributed by atoms with E-state index in [9.17, 15) is 4.79 Å². The van der Waals surface area contributed by atoms with E-state index < -0.39 is 0 Å². The highest BCUT2D eigenvalue weighted by Gasteiger charge is 2.09. The number of carbonyl (C=O) groups excluding carboxylic acids is 1. The third-order valence-corrected chi connectivity index (χ3v) is 4.91. The topological polar surface area (TPSA) is 50.1 Å². The summed E-state index contributed by atoms with van der Waals surface area (Å²) in [5.41, 5.74) is 1.42. The van der Waals surface area contributed by atoms with Gasteiger partial charge >= 0.3 is 5.97 Å². The van der Waals surface area contributed by atoms with Crippen LogP contribution in [0.5, 0.6) is 0 Å². The standard InChI is InChI=1S/C11H9I2NO2/c1-2-16-10(15)5-7-3-8(6-14)11(13)9(12)4-7/h3-4H,2,5H2,1H3. The van der Waals surface area contributed by atoms with E-state index in [0.29, 0.717) is 12.2 Å². The summed E-state index contributed by atoms with van der Waals surface area (Å²) in [7, 11) is 0. The average Bonchev–Trinajstić information content (AvgIpc) is 2.23. The summed E-state index contributed by atoms with van der Waals surface area (Å²) < 4.78 is 6.77. The number of benzene rings is 1. The molecule has 0 aliphatic rings. The fraction of sp³-hybridized carbons (Fsp3) is 0.273. The van der Waals surface area contributed by atoms with Crippen LogP contribution in [0.1, 0.15) is 18.1 Å². The van der Waals surface area contributed by atoms with Crippen molar-refractivity contribution in [3.8, 4) is 6.07 Å². The van der Waals surface area contributed by atoms with Gasteiger partial charge in [-0.1, -0.05) is 0 Å². The smallest absolute Gasteiger partial charge is 0.310 e. The summed E-state index contributed by atoms with van der Waals surface area (Å²) in [6.07, 6.45) is 0.218. The summed E-state index contributed by atoms with van der Waals surface area (Å²) in [5.74, 6) is -0.261. The number of hydrogen-bond acceptors (Lipinski definition) is 3. The van der Waals surface area contributed by atoms with Gasteiger partial charge in [-0.25, -0.2) is 0 Å². The quantitative estimate of drug-likeness (QED) is 0.536. The molecular formula is C11H9I2NO2. The monoisotopic (exact) mass is 441 g/mol. The Morgan fingerprint density at radius 2 is 2.19 bits per heavy atom. The van der Waals surface area contributed by atoms with Crippen molar-refractivity contribution in [1.29, 1.82) is 5.26 Å². The second-order valence-corrected chi connectivity index (χ2v) is 5.27. The molecule has 0 amide bonds. The minimum absolute atomic E-state index is 0.218. The molecule has 0 saturated heterocycles. The predicted molar refractivity (Wildman–Crippen MR) is 76.9 cm³/mol. The Hall–Kier alpha value is -0.360. The van der Waals surface area contributed by atoms with E-state index in [4.69, 9.17) is 10.00 Å². The molecule has 5 heteroatoms. The van der Waals surface area contributed by atoms with Crippen LogP contribution in [0.25, 0.3) is 0 Å². The molecule has 0 fully saturated rings. The lowest BCUT2D eigenvalue weighted by Crippen LogP contribution is -2.08. The van der Waals surface area contributed by atoms with E-state index in [1.54, 1.807) is 13.0 Å². The second-order valence-electron chi connectivity index (χ2n) is 3.03. The normalized spacial score (nSPS) is 9.62. The lowest BCUT2D eigenvalue weighted by Gasteiger charge is -2.05.